The molecule has 14 heavy (non-hydrogen) atoms. The van der Waals surface area contributed by atoms with Crippen LogP contribution in [0.15, 0.2) is 0 Å². The topological polar surface area (TPSA) is 44.0 Å². The van der Waals surface area contributed by atoms with Crippen LogP contribution < -0.4 is 0 Å². The normalized spacial score (nSPS) is 35.9. The molecule has 80 valence electrons. The summed E-state index contributed by atoms with van der Waals surface area (Å²) in [6.45, 7) is 8.22. The van der Waals surface area contributed by atoms with E-state index in [-0.39, 0.29) is 0 Å². The van der Waals surface area contributed by atoms with Gasteiger partial charge < -0.3 is 5.11 Å². The summed E-state index contributed by atoms with van der Waals surface area (Å²) >= 11 is 0. The molecule has 1 aliphatic rings. The average Bonchev–Trinajstić information content (AvgIpc) is 2.11. The Morgan fingerprint density at radius 2 is 2.07 bits per heavy atom. The minimum atomic E-state index is -0.731. The summed E-state index contributed by atoms with van der Waals surface area (Å²) in [5.41, 5.74) is -1.29. The van der Waals surface area contributed by atoms with E-state index in [1.165, 1.54) is 0 Å². The highest BCUT2D eigenvalue weighted by atomic mass is 16.3. The molecule has 0 spiro atoms. The molecule has 0 aromatic rings. The number of hydrogen-bond acceptors (Lipinski definition) is 2. The Morgan fingerprint density at radius 3 is 2.36 bits per heavy atom. The van der Waals surface area contributed by atoms with Crippen LogP contribution in [0.4, 0.5) is 0 Å². The lowest BCUT2D eigenvalue weighted by atomic mass is 9.55. The van der Waals surface area contributed by atoms with Gasteiger partial charge in [-0.3, -0.25) is 0 Å². The first-order chi connectivity index (χ1) is 6.38. The van der Waals surface area contributed by atoms with Crippen molar-refractivity contribution in [1.29, 1.82) is 5.26 Å². The predicted molar refractivity (Wildman–Crippen MR) is 56.5 cm³/mol. The zero-order valence-corrected chi connectivity index (χ0v) is 9.67. The monoisotopic (exact) mass is 195 g/mol. The van der Waals surface area contributed by atoms with E-state index in [1.54, 1.807) is 0 Å². The first kappa shape index (κ1) is 11.5. The summed E-state index contributed by atoms with van der Waals surface area (Å²) in [6.07, 6.45) is 2.32. The molecule has 0 saturated heterocycles. The fourth-order valence-corrected chi connectivity index (χ4v) is 2.24. The highest BCUT2D eigenvalue weighted by Crippen LogP contribution is 2.52. The number of rotatable bonds is 3. The molecule has 1 rings (SSSR count). The molecule has 1 fully saturated rings. The summed E-state index contributed by atoms with van der Waals surface area (Å²) in [5.74, 6) is 1.22. The highest BCUT2D eigenvalue weighted by molar-refractivity contribution is 5.14. The van der Waals surface area contributed by atoms with E-state index < -0.39 is 11.0 Å². The third-order valence-electron chi connectivity index (χ3n) is 4.12. The van der Waals surface area contributed by atoms with Gasteiger partial charge in [0, 0.05) is 0 Å². The van der Waals surface area contributed by atoms with Crippen LogP contribution in [-0.2, 0) is 0 Å². The van der Waals surface area contributed by atoms with Gasteiger partial charge >= 0.3 is 0 Å². The Morgan fingerprint density at radius 1 is 1.57 bits per heavy atom. The van der Waals surface area contributed by atoms with Gasteiger partial charge in [-0.1, -0.05) is 20.8 Å². The molecule has 0 bridgehead atoms. The molecule has 0 aromatic carbocycles. The minimum absolute atomic E-state index is 0.557. The molecular formula is C12H21NO. The highest BCUT2D eigenvalue weighted by Gasteiger charge is 2.55. The number of hydrogen-bond donors (Lipinski definition) is 1. The van der Waals surface area contributed by atoms with Gasteiger partial charge in [-0.25, -0.2) is 0 Å². The van der Waals surface area contributed by atoms with Crippen LogP contribution in [0.1, 0.15) is 47.0 Å². The van der Waals surface area contributed by atoms with Crippen molar-refractivity contribution in [3.63, 3.8) is 0 Å². The van der Waals surface area contributed by atoms with Crippen molar-refractivity contribution >= 4 is 0 Å². The lowest BCUT2D eigenvalue weighted by Crippen LogP contribution is -2.56. The van der Waals surface area contributed by atoms with Crippen LogP contribution >= 0.6 is 0 Å². The van der Waals surface area contributed by atoms with Gasteiger partial charge in [0.05, 0.1) is 17.1 Å². The molecule has 1 atom stereocenters. The first-order valence-electron chi connectivity index (χ1n) is 5.52. The van der Waals surface area contributed by atoms with E-state index >= 15 is 0 Å². The molecule has 0 aromatic heterocycles. The molecule has 2 heteroatoms. The van der Waals surface area contributed by atoms with Crippen LogP contribution in [0.5, 0.6) is 0 Å². The summed E-state index contributed by atoms with van der Waals surface area (Å²) < 4.78 is 0. The van der Waals surface area contributed by atoms with Crippen molar-refractivity contribution in [3.8, 4) is 6.07 Å². The van der Waals surface area contributed by atoms with E-state index in [2.05, 4.69) is 19.9 Å². The number of nitriles is 1. The van der Waals surface area contributed by atoms with Crippen LogP contribution in [0, 0.1) is 28.6 Å². The van der Waals surface area contributed by atoms with Crippen molar-refractivity contribution in [1.82, 2.24) is 0 Å². The minimum Gasteiger partial charge on any atom is -0.388 e. The summed E-state index contributed by atoms with van der Waals surface area (Å²) in [5, 5.41) is 19.4. The average molecular weight is 195 g/mol. The Labute approximate surface area is 86.9 Å². The third-order valence-corrected chi connectivity index (χ3v) is 4.12. The Bertz CT molecular complexity index is 248. The van der Waals surface area contributed by atoms with Crippen molar-refractivity contribution in [2.24, 2.45) is 17.3 Å². The molecule has 0 radical (unpaired) electrons. The zero-order chi connectivity index (χ0) is 11.0. The van der Waals surface area contributed by atoms with Crippen molar-refractivity contribution < 1.29 is 5.11 Å². The maximum absolute atomic E-state index is 10.3. The summed E-state index contributed by atoms with van der Waals surface area (Å²) in [4.78, 5) is 0. The zero-order valence-electron chi connectivity index (χ0n) is 9.67. The van der Waals surface area contributed by atoms with Gasteiger partial charge in [0.2, 0.25) is 0 Å². The van der Waals surface area contributed by atoms with Gasteiger partial charge in [-0.05, 0) is 38.0 Å². The Balaban J connectivity index is 2.68. The third kappa shape index (κ3) is 1.54. The maximum Gasteiger partial charge on any atom is 0.0836 e. The molecule has 1 unspecified atom stereocenters. The Kier molecular flexibility index (Phi) is 2.92. The van der Waals surface area contributed by atoms with Crippen LogP contribution in [0.25, 0.3) is 0 Å². The van der Waals surface area contributed by atoms with E-state index in [0.29, 0.717) is 11.8 Å². The predicted octanol–water partition coefficient (Wildman–Crippen LogP) is 2.72. The molecule has 2 nitrogen and oxygen atoms in total. The van der Waals surface area contributed by atoms with Gasteiger partial charge in [-0.2, -0.15) is 5.26 Å². The van der Waals surface area contributed by atoms with Crippen LogP contribution in [-0.4, -0.2) is 10.7 Å². The second-order valence-electron chi connectivity index (χ2n) is 5.24. The maximum atomic E-state index is 10.3. The van der Waals surface area contributed by atoms with Gasteiger partial charge in [0.25, 0.3) is 0 Å². The van der Waals surface area contributed by atoms with E-state index in [0.717, 1.165) is 19.3 Å². The standard InChI is InChI=1S/C12H21NO/c1-5-11(4,8-13)12(14)6-10(7-12)9(2)3/h9-10,14H,5-7H2,1-4H3. The fraction of sp³-hybridized carbons (Fsp3) is 0.917. The Hall–Kier alpha value is -0.550. The largest absolute Gasteiger partial charge is 0.388 e. The van der Waals surface area contributed by atoms with E-state index in [1.807, 2.05) is 13.8 Å². The molecule has 0 aliphatic heterocycles. The second kappa shape index (κ2) is 3.55. The van der Waals surface area contributed by atoms with Crippen LogP contribution in [0.3, 0.4) is 0 Å². The first-order valence-corrected chi connectivity index (χ1v) is 5.52. The smallest absolute Gasteiger partial charge is 0.0836 e. The van der Waals surface area contributed by atoms with Crippen LogP contribution in [0.2, 0.25) is 0 Å². The molecule has 1 N–H and O–H groups in total. The molecule has 1 saturated carbocycles. The number of nitrogens with zero attached hydrogens (tertiary/aromatic N) is 1. The SMILES string of the molecule is CCC(C)(C#N)C1(O)CC(C(C)C)C1. The van der Waals surface area contributed by atoms with Crippen molar-refractivity contribution in [3.05, 3.63) is 0 Å². The van der Waals surface area contributed by atoms with Crippen molar-refractivity contribution in [2.45, 2.75) is 52.6 Å². The van der Waals surface area contributed by atoms with Gasteiger partial charge in [0.1, 0.15) is 0 Å². The number of aliphatic hydroxyl groups is 1. The fourth-order valence-electron chi connectivity index (χ4n) is 2.24. The summed E-state index contributed by atoms with van der Waals surface area (Å²) in [7, 11) is 0. The van der Waals surface area contributed by atoms with E-state index in [4.69, 9.17) is 5.26 Å². The second-order valence-corrected chi connectivity index (χ2v) is 5.24. The quantitative estimate of drug-likeness (QED) is 0.752. The molecule has 1 aliphatic carbocycles. The van der Waals surface area contributed by atoms with Gasteiger partial charge in [-0.15, -0.1) is 0 Å². The lowest BCUT2D eigenvalue weighted by Gasteiger charge is -2.52. The van der Waals surface area contributed by atoms with Gasteiger partial charge in [0.15, 0.2) is 0 Å². The summed E-state index contributed by atoms with van der Waals surface area (Å²) in [6, 6.07) is 2.28. The molecule has 0 heterocycles. The van der Waals surface area contributed by atoms with Crippen molar-refractivity contribution in [2.75, 3.05) is 0 Å². The van der Waals surface area contributed by atoms with E-state index in [9.17, 15) is 5.11 Å². The lowest BCUT2D eigenvalue weighted by molar-refractivity contribution is -0.150. The molecule has 0 amide bonds. The molecular weight excluding hydrogens is 174 g/mol.